The molecule has 1 heterocycles. The number of benzene rings is 1. The van der Waals surface area contributed by atoms with Gasteiger partial charge >= 0.3 is 0 Å². The van der Waals surface area contributed by atoms with Crippen LogP contribution in [0.3, 0.4) is 0 Å². The lowest BCUT2D eigenvalue weighted by atomic mass is 9.85. The molecule has 2 unspecified atom stereocenters. The zero-order valence-electron chi connectivity index (χ0n) is 16.3. The number of nitrogens with zero attached hydrogens (tertiary/aromatic N) is 1. The second-order valence-corrected chi connectivity index (χ2v) is 8.96. The molecule has 3 aliphatic carbocycles. The van der Waals surface area contributed by atoms with Gasteiger partial charge in [-0.3, -0.25) is 0 Å². The first kappa shape index (κ1) is 17.1. The molecule has 5 rings (SSSR count). The van der Waals surface area contributed by atoms with Crippen molar-refractivity contribution in [3.8, 4) is 0 Å². The van der Waals surface area contributed by atoms with Crippen molar-refractivity contribution in [1.82, 2.24) is 4.90 Å². The summed E-state index contributed by atoms with van der Waals surface area (Å²) in [5, 5.41) is 0. The van der Waals surface area contributed by atoms with E-state index in [1.54, 1.807) is 0 Å². The molecule has 0 aromatic heterocycles. The summed E-state index contributed by atoms with van der Waals surface area (Å²) in [6, 6.07) is 8.79. The fraction of sp³-hybridized carbons (Fsp3) is 0.280. The van der Waals surface area contributed by atoms with Crippen molar-refractivity contribution in [2.75, 3.05) is 7.05 Å². The Morgan fingerprint density at radius 3 is 2.63 bits per heavy atom. The van der Waals surface area contributed by atoms with E-state index in [2.05, 4.69) is 97.2 Å². The molecule has 1 aromatic rings. The van der Waals surface area contributed by atoms with Gasteiger partial charge in [0.2, 0.25) is 0 Å². The maximum Gasteiger partial charge on any atom is 0.0541 e. The molecular formula is C25H24BrN. The molecule has 1 aromatic carbocycles. The highest BCUT2D eigenvalue weighted by Gasteiger charge is 2.38. The Morgan fingerprint density at radius 1 is 1.04 bits per heavy atom. The van der Waals surface area contributed by atoms with E-state index in [9.17, 15) is 0 Å². The molecule has 27 heavy (non-hydrogen) atoms. The van der Waals surface area contributed by atoms with E-state index in [1.807, 2.05) is 0 Å². The maximum atomic E-state index is 3.98. The van der Waals surface area contributed by atoms with Crippen molar-refractivity contribution < 1.29 is 0 Å². The van der Waals surface area contributed by atoms with Crippen molar-refractivity contribution in [2.24, 2.45) is 5.92 Å². The van der Waals surface area contributed by atoms with Crippen LogP contribution in [0.4, 0.5) is 0 Å². The molecule has 0 N–H and O–H groups in total. The molecule has 0 saturated carbocycles. The fourth-order valence-corrected chi connectivity index (χ4v) is 5.90. The van der Waals surface area contributed by atoms with Crippen molar-refractivity contribution in [3.05, 3.63) is 97.4 Å². The summed E-state index contributed by atoms with van der Waals surface area (Å²) < 4.78 is 1.33. The van der Waals surface area contributed by atoms with Crippen molar-refractivity contribution in [3.63, 3.8) is 0 Å². The predicted octanol–water partition coefficient (Wildman–Crippen LogP) is 6.85. The monoisotopic (exact) mass is 417 g/mol. The van der Waals surface area contributed by atoms with Crippen LogP contribution in [-0.2, 0) is 0 Å². The molecule has 2 atom stereocenters. The Hall–Kier alpha value is -2.06. The second kappa shape index (κ2) is 5.97. The van der Waals surface area contributed by atoms with Crippen LogP contribution in [0.25, 0.3) is 6.08 Å². The van der Waals surface area contributed by atoms with Crippen LogP contribution < -0.4 is 0 Å². The zero-order valence-corrected chi connectivity index (χ0v) is 17.9. The molecule has 1 aliphatic heterocycles. The standard InChI is InChI=1S/C25H24BrN/c1-14-11-22-21(13-23-24(25(22)26)15(2)16(3)27(23)4)20(14)12-18-10-9-17-7-5-6-8-19(17)18/h5-11,13,18,24H,12H2,1-4H3. The van der Waals surface area contributed by atoms with Crippen LogP contribution in [0.2, 0.25) is 0 Å². The quantitative estimate of drug-likeness (QED) is 0.508. The van der Waals surface area contributed by atoms with Crippen LogP contribution in [0.5, 0.6) is 0 Å². The minimum absolute atomic E-state index is 0.379. The Morgan fingerprint density at radius 2 is 1.81 bits per heavy atom. The summed E-state index contributed by atoms with van der Waals surface area (Å²) in [6.07, 6.45) is 10.5. The highest BCUT2D eigenvalue weighted by molar-refractivity contribution is 9.11. The number of halogens is 1. The average molecular weight is 418 g/mol. The zero-order chi connectivity index (χ0) is 18.9. The molecule has 136 valence electrons. The number of hydrogen-bond donors (Lipinski definition) is 0. The minimum atomic E-state index is 0.379. The third kappa shape index (κ3) is 2.36. The van der Waals surface area contributed by atoms with Gasteiger partial charge in [0.25, 0.3) is 0 Å². The number of rotatable bonds is 2. The van der Waals surface area contributed by atoms with E-state index in [0.717, 1.165) is 6.42 Å². The molecule has 0 saturated heterocycles. The van der Waals surface area contributed by atoms with E-state index >= 15 is 0 Å². The summed E-state index contributed by atoms with van der Waals surface area (Å²) in [5.41, 5.74) is 12.8. The normalized spacial score (nSPS) is 25.9. The summed E-state index contributed by atoms with van der Waals surface area (Å²) in [7, 11) is 2.20. The van der Waals surface area contributed by atoms with Gasteiger partial charge in [-0.2, -0.15) is 0 Å². The second-order valence-electron chi connectivity index (χ2n) is 8.11. The first-order valence-corrected chi connectivity index (χ1v) is 10.5. The van der Waals surface area contributed by atoms with Crippen molar-refractivity contribution in [2.45, 2.75) is 33.1 Å². The Kier molecular flexibility index (Phi) is 3.77. The van der Waals surface area contributed by atoms with Gasteiger partial charge in [-0.25, -0.2) is 0 Å². The van der Waals surface area contributed by atoms with Crippen LogP contribution in [0, 0.1) is 5.92 Å². The smallest absolute Gasteiger partial charge is 0.0541 e. The predicted molar refractivity (Wildman–Crippen MR) is 117 cm³/mol. The van der Waals surface area contributed by atoms with Crippen LogP contribution in [0.1, 0.15) is 44.2 Å². The Balaban J connectivity index is 1.58. The molecule has 1 nitrogen and oxygen atoms in total. The number of allylic oxidation sites excluding steroid dienone is 9. The first-order valence-electron chi connectivity index (χ1n) is 9.69. The fourth-order valence-electron chi connectivity index (χ4n) is 5.00. The van der Waals surface area contributed by atoms with E-state index in [-0.39, 0.29) is 0 Å². The molecule has 0 bridgehead atoms. The first-order chi connectivity index (χ1) is 13.0. The van der Waals surface area contributed by atoms with Gasteiger partial charge in [-0.05, 0) is 72.3 Å². The third-order valence-electron chi connectivity index (χ3n) is 6.77. The minimum Gasteiger partial charge on any atom is -0.351 e. The highest BCUT2D eigenvalue weighted by atomic mass is 79.9. The van der Waals surface area contributed by atoms with Crippen LogP contribution in [0.15, 0.2) is 86.2 Å². The largest absolute Gasteiger partial charge is 0.351 e. The lowest BCUT2D eigenvalue weighted by Gasteiger charge is -2.26. The van der Waals surface area contributed by atoms with Gasteiger partial charge in [-0.15, -0.1) is 0 Å². The average Bonchev–Trinajstić information content (AvgIpc) is 3.28. The Bertz CT molecular complexity index is 1060. The molecule has 0 amide bonds. The summed E-state index contributed by atoms with van der Waals surface area (Å²) >= 11 is 3.98. The molecule has 4 aliphatic rings. The highest BCUT2D eigenvalue weighted by Crippen LogP contribution is 2.52. The van der Waals surface area contributed by atoms with E-state index in [4.69, 9.17) is 0 Å². The van der Waals surface area contributed by atoms with Gasteiger partial charge in [0.15, 0.2) is 0 Å². The lowest BCUT2D eigenvalue weighted by molar-refractivity contribution is 0.521. The topological polar surface area (TPSA) is 3.24 Å². The van der Waals surface area contributed by atoms with Crippen LogP contribution >= 0.6 is 15.9 Å². The number of hydrogen-bond acceptors (Lipinski definition) is 1. The molecule has 0 fully saturated rings. The lowest BCUT2D eigenvalue weighted by Crippen LogP contribution is -2.17. The van der Waals surface area contributed by atoms with E-state index in [1.165, 1.54) is 54.9 Å². The maximum absolute atomic E-state index is 3.98. The van der Waals surface area contributed by atoms with Crippen LogP contribution in [-0.4, -0.2) is 11.9 Å². The summed E-state index contributed by atoms with van der Waals surface area (Å²) in [6.45, 7) is 6.76. The molecular weight excluding hydrogens is 394 g/mol. The SMILES string of the molecule is CC1=CC2=C(Br)C3C(=CC2=C1CC1C=Cc2ccccc21)N(C)C(C)=C3C. The Labute approximate surface area is 170 Å². The molecule has 0 radical (unpaired) electrons. The van der Waals surface area contributed by atoms with Crippen molar-refractivity contribution >= 4 is 22.0 Å². The van der Waals surface area contributed by atoms with E-state index in [0.29, 0.717) is 11.8 Å². The van der Waals surface area contributed by atoms with Gasteiger partial charge in [0.05, 0.1) is 5.92 Å². The van der Waals surface area contributed by atoms with Gasteiger partial charge in [0.1, 0.15) is 0 Å². The third-order valence-corrected chi connectivity index (χ3v) is 7.66. The summed E-state index contributed by atoms with van der Waals surface area (Å²) in [4.78, 5) is 2.36. The summed E-state index contributed by atoms with van der Waals surface area (Å²) in [5.74, 6) is 0.855. The molecule has 2 heteroatoms. The van der Waals surface area contributed by atoms with E-state index < -0.39 is 0 Å². The van der Waals surface area contributed by atoms with Gasteiger partial charge < -0.3 is 4.90 Å². The van der Waals surface area contributed by atoms with Crippen molar-refractivity contribution in [1.29, 1.82) is 0 Å². The van der Waals surface area contributed by atoms with Gasteiger partial charge in [-0.1, -0.05) is 58.4 Å². The number of fused-ring (bicyclic) bond motifs is 3. The van der Waals surface area contributed by atoms with Gasteiger partial charge in [0, 0.05) is 28.8 Å². The molecule has 0 spiro atoms.